The highest BCUT2D eigenvalue weighted by atomic mass is 35.5. The molecule has 0 aliphatic heterocycles. The maximum absolute atomic E-state index is 13.5. The molecule has 40 heavy (non-hydrogen) atoms. The fourth-order valence-electron chi connectivity index (χ4n) is 5.34. The lowest BCUT2D eigenvalue weighted by atomic mass is 9.94. The molecule has 0 unspecified atom stereocenters. The van der Waals surface area contributed by atoms with Crippen LogP contribution in [-0.2, 0) is 12.6 Å². The molecule has 9 heteroatoms. The summed E-state index contributed by atoms with van der Waals surface area (Å²) in [6.45, 7) is 3.39. The third-order valence-corrected chi connectivity index (χ3v) is 7.81. The van der Waals surface area contributed by atoms with Gasteiger partial charge in [-0.25, -0.2) is 9.36 Å². The largest absolute Gasteiger partial charge is 0.386 e. The van der Waals surface area contributed by atoms with Crippen LogP contribution in [-0.4, -0.2) is 25.1 Å². The van der Waals surface area contributed by atoms with Crippen molar-refractivity contribution < 1.29 is 9.90 Å². The van der Waals surface area contributed by atoms with Crippen LogP contribution in [0.4, 0.5) is 0 Å². The molecule has 0 aliphatic rings. The molecule has 8 nitrogen and oxygen atoms in total. The average molecular weight is 553 g/mol. The highest BCUT2D eigenvalue weighted by Crippen LogP contribution is 2.41. The number of amides is 1. The average Bonchev–Trinajstić information content (AvgIpc) is 3.31. The lowest BCUT2D eigenvalue weighted by Crippen LogP contribution is -2.38. The number of primary amides is 1. The summed E-state index contributed by atoms with van der Waals surface area (Å²) in [4.78, 5) is 42.5. The smallest absolute Gasteiger partial charge is 0.335 e. The zero-order valence-corrected chi connectivity index (χ0v) is 22.7. The van der Waals surface area contributed by atoms with E-state index in [-0.39, 0.29) is 10.7 Å². The number of para-hydroxylation sites is 1. The van der Waals surface area contributed by atoms with Gasteiger partial charge in [0.2, 0.25) is 0 Å². The second-order valence-electron chi connectivity index (χ2n) is 10.4. The van der Waals surface area contributed by atoms with Gasteiger partial charge in [0.25, 0.3) is 11.5 Å². The zero-order chi connectivity index (χ0) is 28.5. The normalized spacial score (nSPS) is 12.0. The summed E-state index contributed by atoms with van der Waals surface area (Å²) in [6, 6.07) is 21.0. The molecule has 0 aliphatic carbocycles. The standard InChI is InChI=1S/C31H25ClN4O4/c1-31(2,40)16-11-12-19-22(15-16)34-27-21(28(33)37)14-13-17(25(19)27)18-8-6-10-24(26(18)32)36-29(38)20-7-4-5-9-23(20)35(3)30(36)39/h4-15,34,40H,1-3H3,(H2,33,37). The lowest BCUT2D eigenvalue weighted by molar-refractivity contribution is 0.0787. The Hall–Kier alpha value is -4.66. The van der Waals surface area contributed by atoms with Crippen molar-refractivity contribution >= 4 is 50.2 Å². The van der Waals surface area contributed by atoms with Crippen LogP contribution < -0.4 is 17.0 Å². The van der Waals surface area contributed by atoms with Crippen molar-refractivity contribution in [1.29, 1.82) is 0 Å². The molecule has 0 atom stereocenters. The van der Waals surface area contributed by atoms with Gasteiger partial charge in [0, 0.05) is 28.9 Å². The summed E-state index contributed by atoms with van der Waals surface area (Å²) in [7, 11) is 1.61. The van der Waals surface area contributed by atoms with E-state index in [9.17, 15) is 19.5 Å². The van der Waals surface area contributed by atoms with Gasteiger partial charge in [-0.1, -0.05) is 54.1 Å². The van der Waals surface area contributed by atoms with Crippen molar-refractivity contribution in [3.05, 3.63) is 110 Å². The van der Waals surface area contributed by atoms with Crippen LogP contribution in [0.2, 0.25) is 5.02 Å². The quantitative estimate of drug-likeness (QED) is 0.286. The van der Waals surface area contributed by atoms with Crippen molar-refractivity contribution in [2.45, 2.75) is 19.4 Å². The Morgan fingerprint density at radius 2 is 1.70 bits per heavy atom. The van der Waals surface area contributed by atoms with Gasteiger partial charge in [0.1, 0.15) is 0 Å². The number of fused-ring (bicyclic) bond motifs is 4. The number of halogens is 1. The maximum atomic E-state index is 13.5. The number of hydrogen-bond donors (Lipinski definition) is 3. The Labute approximate surface area is 232 Å². The molecule has 6 rings (SSSR count). The van der Waals surface area contributed by atoms with Crippen molar-refractivity contribution in [2.24, 2.45) is 12.8 Å². The van der Waals surface area contributed by atoms with Crippen LogP contribution in [0, 0.1) is 0 Å². The molecular formula is C31H25ClN4O4. The van der Waals surface area contributed by atoms with Crippen LogP contribution in [0.5, 0.6) is 0 Å². The van der Waals surface area contributed by atoms with E-state index >= 15 is 0 Å². The first-order valence-electron chi connectivity index (χ1n) is 12.6. The summed E-state index contributed by atoms with van der Waals surface area (Å²) >= 11 is 6.99. The first kappa shape index (κ1) is 25.6. The topological polar surface area (TPSA) is 123 Å². The number of rotatable bonds is 4. The monoisotopic (exact) mass is 552 g/mol. The molecule has 0 radical (unpaired) electrons. The molecule has 0 spiro atoms. The molecular weight excluding hydrogens is 528 g/mol. The van der Waals surface area contributed by atoms with E-state index in [0.717, 1.165) is 9.95 Å². The minimum Gasteiger partial charge on any atom is -0.386 e. The Morgan fingerprint density at radius 3 is 2.42 bits per heavy atom. The van der Waals surface area contributed by atoms with Gasteiger partial charge in [-0.15, -0.1) is 0 Å². The van der Waals surface area contributed by atoms with Crippen molar-refractivity contribution in [3.8, 4) is 16.8 Å². The molecule has 0 fully saturated rings. The van der Waals surface area contributed by atoms with Gasteiger partial charge in [0.05, 0.1) is 38.3 Å². The van der Waals surface area contributed by atoms with Gasteiger partial charge in [0.15, 0.2) is 0 Å². The summed E-state index contributed by atoms with van der Waals surface area (Å²) in [6.07, 6.45) is 0. The Bertz CT molecular complexity index is 2150. The van der Waals surface area contributed by atoms with Crippen molar-refractivity contribution in [3.63, 3.8) is 0 Å². The van der Waals surface area contributed by atoms with Crippen LogP contribution in [0.15, 0.2) is 82.4 Å². The Balaban J connectivity index is 1.67. The fraction of sp³-hybridized carbons (Fsp3) is 0.129. The SMILES string of the molecule is Cn1c(=O)n(-c2cccc(-c3ccc(C(N)=O)c4[nH]c5cc(C(C)(C)O)ccc5c34)c2Cl)c(=O)c2ccccc21. The summed E-state index contributed by atoms with van der Waals surface area (Å²) < 4.78 is 2.49. The fourth-order valence-corrected chi connectivity index (χ4v) is 5.66. The lowest BCUT2D eigenvalue weighted by Gasteiger charge is -2.17. The van der Waals surface area contributed by atoms with E-state index in [1.165, 1.54) is 4.57 Å². The number of nitrogens with zero attached hydrogens (tertiary/aromatic N) is 2. The number of H-pyrrole nitrogens is 1. The molecule has 0 bridgehead atoms. The van der Waals surface area contributed by atoms with Crippen molar-refractivity contribution in [1.82, 2.24) is 14.1 Å². The van der Waals surface area contributed by atoms with Crippen LogP contribution in [0.1, 0.15) is 29.8 Å². The second-order valence-corrected chi connectivity index (χ2v) is 10.7. The number of carbonyl (C=O) groups excluding carboxylic acids is 1. The van der Waals surface area contributed by atoms with E-state index in [2.05, 4.69) is 4.98 Å². The van der Waals surface area contributed by atoms with Crippen LogP contribution in [0.25, 0.3) is 49.5 Å². The molecule has 1 amide bonds. The summed E-state index contributed by atoms with van der Waals surface area (Å²) in [5.41, 5.74) is 7.87. The third kappa shape index (κ3) is 3.76. The van der Waals surface area contributed by atoms with Gasteiger partial charge in [-0.05, 0) is 55.3 Å². The maximum Gasteiger partial charge on any atom is 0.335 e. The highest BCUT2D eigenvalue weighted by molar-refractivity contribution is 6.36. The molecule has 0 saturated carbocycles. The van der Waals surface area contributed by atoms with E-state index < -0.39 is 22.8 Å². The molecule has 2 heterocycles. The predicted octanol–water partition coefficient (Wildman–Crippen LogP) is 4.97. The van der Waals surface area contributed by atoms with E-state index in [1.807, 2.05) is 18.2 Å². The summed E-state index contributed by atoms with van der Waals surface area (Å²) in [5.74, 6) is -0.600. The Kier molecular flexibility index (Phi) is 5.72. The summed E-state index contributed by atoms with van der Waals surface area (Å²) in [5, 5.41) is 12.6. The number of benzene rings is 4. The number of nitrogens with one attached hydrogen (secondary N) is 1. The molecule has 0 saturated heterocycles. The van der Waals surface area contributed by atoms with Crippen LogP contribution in [0.3, 0.4) is 0 Å². The van der Waals surface area contributed by atoms with Crippen LogP contribution >= 0.6 is 11.6 Å². The third-order valence-electron chi connectivity index (χ3n) is 7.41. The second kappa shape index (κ2) is 8.94. The number of nitrogens with two attached hydrogens (primary N) is 1. The first-order chi connectivity index (χ1) is 19.0. The number of carbonyl (C=O) groups is 1. The number of aryl methyl sites for hydroxylation is 1. The molecule has 4 N–H and O–H groups in total. The minimum atomic E-state index is -1.07. The number of hydrogen-bond acceptors (Lipinski definition) is 4. The minimum absolute atomic E-state index is 0.201. The van der Waals surface area contributed by atoms with Gasteiger partial charge in [-0.2, -0.15) is 0 Å². The van der Waals surface area contributed by atoms with E-state index in [1.54, 1.807) is 75.5 Å². The van der Waals surface area contributed by atoms with Gasteiger partial charge in [-0.3, -0.25) is 14.2 Å². The number of aliphatic hydroxyl groups is 1. The van der Waals surface area contributed by atoms with Gasteiger partial charge < -0.3 is 15.8 Å². The predicted molar refractivity (Wildman–Crippen MR) is 158 cm³/mol. The van der Waals surface area contributed by atoms with E-state index in [4.69, 9.17) is 17.3 Å². The first-order valence-corrected chi connectivity index (χ1v) is 13.0. The van der Waals surface area contributed by atoms with Gasteiger partial charge >= 0.3 is 5.69 Å². The molecule has 200 valence electrons. The number of aromatic nitrogens is 3. The molecule has 2 aromatic heterocycles. The molecule has 4 aromatic carbocycles. The molecule has 6 aromatic rings. The highest BCUT2D eigenvalue weighted by Gasteiger charge is 2.23. The zero-order valence-electron chi connectivity index (χ0n) is 21.9. The van der Waals surface area contributed by atoms with E-state index in [0.29, 0.717) is 49.6 Å². The number of aromatic amines is 1. The Morgan fingerprint density at radius 1 is 0.950 bits per heavy atom. The van der Waals surface area contributed by atoms with Crippen molar-refractivity contribution in [2.75, 3.05) is 0 Å².